The minimum absolute atomic E-state index is 0.145. The van der Waals surface area contributed by atoms with Gasteiger partial charge in [0, 0.05) is 17.8 Å². The van der Waals surface area contributed by atoms with Gasteiger partial charge in [-0.1, -0.05) is 12.1 Å². The summed E-state index contributed by atoms with van der Waals surface area (Å²) >= 11 is 0. The zero-order valence-electron chi connectivity index (χ0n) is 12.9. The van der Waals surface area contributed by atoms with Gasteiger partial charge in [-0.2, -0.15) is 5.10 Å². The van der Waals surface area contributed by atoms with Crippen molar-refractivity contribution in [3.8, 4) is 5.69 Å². The number of aliphatic hydroxyl groups excluding tert-OH is 2. The van der Waals surface area contributed by atoms with Gasteiger partial charge in [-0.3, -0.25) is 14.9 Å². The molecule has 128 valence electrons. The van der Waals surface area contributed by atoms with E-state index in [4.69, 9.17) is 4.74 Å². The Labute approximate surface area is 137 Å². The molecular weight excluding hydrogens is 318 g/mol. The zero-order valence-corrected chi connectivity index (χ0v) is 12.9. The van der Waals surface area contributed by atoms with Gasteiger partial charge in [-0.25, -0.2) is 4.68 Å². The summed E-state index contributed by atoms with van der Waals surface area (Å²) in [4.78, 5) is 21.9. The second-order valence-electron chi connectivity index (χ2n) is 4.99. The van der Waals surface area contributed by atoms with E-state index in [1.807, 2.05) is 0 Å². The fourth-order valence-corrected chi connectivity index (χ4v) is 2.16. The Kier molecular flexibility index (Phi) is 5.61. The highest BCUT2D eigenvalue weighted by Crippen LogP contribution is 2.24. The molecule has 2 atom stereocenters. The molecule has 0 radical (unpaired) electrons. The van der Waals surface area contributed by atoms with E-state index >= 15 is 0 Å². The first-order chi connectivity index (χ1) is 11.4. The van der Waals surface area contributed by atoms with Crippen LogP contribution in [0.15, 0.2) is 36.7 Å². The highest BCUT2D eigenvalue weighted by Gasteiger charge is 2.24. The van der Waals surface area contributed by atoms with Crippen LogP contribution in [-0.2, 0) is 9.53 Å². The smallest absolute Gasteiger partial charge is 0.308 e. The summed E-state index contributed by atoms with van der Waals surface area (Å²) in [6.07, 6.45) is -0.471. The molecule has 1 aromatic heterocycles. The van der Waals surface area contributed by atoms with E-state index in [0.717, 1.165) is 0 Å². The van der Waals surface area contributed by atoms with Gasteiger partial charge in [0.2, 0.25) is 0 Å². The third-order valence-electron chi connectivity index (χ3n) is 3.31. The molecule has 0 spiro atoms. The van der Waals surface area contributed by atoms with Gasteiger partial charge in [0.1, 0.15) is 11.8 Å². The van der Waals surface area contributed by atoms with Crippen LogP contribution in [0.5, 0.6) is 0 Å². The number of ether oxygens (including phenoxy) is 1. The molecule has 1 aromatic carbocycles. The van der Waals surface area contributed by atoms with Crippen molar-refractivity contribution >= 4 is 11.7 Å². The summed E-state index contributed by atoms with van der Waals surface area (Å²) in [5, 5.41) is 35.0. The van der Waals surface area contributed by atoms with Crippen LogP contribution in [0.1, 0.15) is 25.0 Å². The predicted octanol–water partition coefficient (Wildman–Crippen LogP) is 1.13. The first-order valence-electron chi connectivity index (χ1n) is 7.24. The Morgan fingerprint density at radius 3 is 2.79 bits per heavy atom. The van der Waals surface area contributed by atoms with Gasteiger partial charge < -0.3 is 14.9 Å². The molecule has 9 nitrogen and oxygen atoms in total. The van der Waals surface area contributed by atoms with Crippen LogP contribution < -0.4 is 0 Å². The van der Waals surface area contributed by atoms with Crippen LogP contribution in [-0.4, -0.2) is 43.6 Å². The molecule has 0 fully saturated rings. The van der Waals surface area contributed by atoms with Gasteiger partial charge in [0.05, 0.1) is 30.3 Å². The fourth-order valence-electron chi connectivity index (χ4n) is 2.16. The molecule has 2 N–H and O–H groups in total. The monoisotopic (exact) mass is 335 g/mol. The van der Waals surface area contributed by atoms with Crippen LogP contribution in [0.3, 0.4) is 0 Å². The number of benzene rings is 1. The van der Waals surface area contributed by atoms with E-state index in [9.17, 15) is 25.1 Å². The zero-order chi connectivity index (χ0) is 17.7. The van der Waals surface area contributed by atoms with Crippen molar-refractivity contribution in [1.29, 1.82) is 0 Å². The van der Waals surface area contributed by atoms with Crippen molar-refractivity contribution in [2.24, 2.45) is 0 Å². The van der Waals surface area contributed by atoms with Gasteiger partial charge in [0.15, 0.2) is 0 Å². The average molecular weight is 335 g/mol. The molecule has 0 saturated carbocycles. The van der Waals surface area contributed by atoms with Crippen LogP contribution in [0, 0.1) is 10.1 Å². The Morgan fingerprint density at radius 1 is 1.42 bits per heavy atom. The topological polar surface area (TPSA) is 128 Å². The number of carbonyl (C=O) groups excluding carboxylic acids is 1. The number of aliphatic hydroxyl groups is 2. The summed E-state index contributed by atoms with van der Waals surface area (Å²) in [5.41, 5.74) is 0.305. The SMILES string of the molecule is CCOC(=O)CC(O)C(O)c1cnn(-c2ccccc2[N+](=O)[O-])c1. The Hall–Kier alpha value is -2.78. The van der Waals surface area contributed by atoms with E-state index in [1.54, 1.807) is 13.0 Å². The lowest BCUT2D eigenvalue weighted by molar-refractivity contribution is -0.384. The van der Waals surface area contributed by atoms with Crippen LogP contribution in [0.25, 0.3) is 5.69 Å². The number of carbonyl (C=O) groups is 1. The number of nitro groups is 1. The van der Waals surface area contributed by atoms with Crippen LogP contribution in [0.4, 0.5) is 5.69 Å². The van der Waals surface area contributed by atoms with Crippen molar-refractivity contribution < 1.29 is 24.7 Å². The van der Waals surface area contributed by atoms with E-state index in [-0.39, 0.29) is 30.0 Å². The maximum Gasteiger partial charge on any atom is 0.308 e. The minimum atomic E-state index is -1.37. The van der Waals surface area contributed by atoms with Crippen molar-refractivity contribution in [2.75, 3.05) is 6.61 Å². The molecule has 9 heteroatoms. The third kappa shape index (κ3) is 3.94. The quantitative estimate of drug-likeness (QED) is 0.441. The van der Waals surface area contributed by atoms with Gasteiger partial charge >= 0.3 is 5.97 Å². The summed E-state index contributed by atoms with van der Waals surface area (Å²) in [6, 6.07) is 6.00. The average Bonchev–Trinajstić information content (AvgIpc) is 3.04. The molecule has 0 bridgehead atoms. The number of aromatic nitrogens is 2. The summed E-state index contributed by atoms with van der Waals surface area (Å²) < 4.78 is 5.94. The van der Waals surface area contributed by atoms with E-state index in [1.165, 1.54) is 35.3 Å². The van der Waals surface area contributed by atoms with E-state index in [2.05, 4.69) is 5.10 Å². The van der Waals surface area contributed by atoms with Crippen molar-refractivity contribution in [3.63, 3.8) is 0 Å². The van der Waals surface area contributed by atoms with E-state index < -0.39 is 23.1 Å². The second kappa shape index (κ2) is 7.66. The molecule has 2 rings (SSSR count). The standard InChI is InChI=1S/C15H17N3O6/c1-2-24-14(20)7-13(19)15(21)10-8-16-17(9-10)11-5-3-4-6-12(11)18(22)23/h3-6,8-9,13,15,19,21H,2,7H2,1H3. The van der Waals surface area contributed by atoms with Crippen LogP contribution >= 0.6 is 0 Å². The largest absolute Gasteiger partial charge is 0.466 e. The minimum Gasteiger partial charge on any atom is -0.466 e. The highest BCUT2D eigenvalue weighted by molar-refractivity contribution is 5.70. The lowest BCUT2D eigenvalue weighted by Gasteiger charge is -2.15. The molecule has 0 aliphatic carbocycles. The molecule has 0 amide bonds. The number of nitro benzene ring substituents is 1. The molecule has 2 unspecified atom stereocenters. The first kappa shape index (κ1) is 17.6. The van der Waals surface area contributed by atoms with Crippen molar-refractivity contribution in [3.05, 3.63) is 52.3 Å². The Bertz CT molecular complexity index is 730. The van der Waals surface area contributed by atoms with Gasteiger partial charge in [-0.15, -0.1) is 0 Å². The molecule has 0 aliphatic rings. The van der Waals surface area contributed by atoms with E-state index in [0.29, 0.717) is 0 Å². The van der Waals surface area contributed by atoms with Crippen molar-refractivity contribution in [1.82, 2.24) is 9.78 Å². The number of hydrogen-bond acceptors (Lipinski definition) is 7. The Balaban J connectivity index is 2.19. The summed E-state index contributed by atoms with van der Waals surface area (Å²) in [6.45, 7) is 1.81. The van der Waals surface area contributed by atoms with Crippen molar-refractivity contribution in [2.45, 2.75) is 25.6 Å². The number of rotatable bonds is 7. The maximum absolute atomic E-state index is 11.3. The van der Waals surface area contributed by atoms with Crippen LogP contribution in [0.2, 0.25) is 0 Å². The molecule has 24 heavy (non-hydrogen) atoms. The molecular formula is C15H17N3O6. The van der Waals surface area contributed by atoms with Gasteiger partial charge in [0.25, 0.3) is 5.69 Å². The lowest BCUT2D eigenvalue weighted by atomic mass is 10.1. The molecule has 1 heterocycles. The fraction of sp³-hybridized carbons (Fsp3) is 0.333. The number of para-hydroxylation sites is 2. The number of nitrogens with zero attached hydrogens (tertiary/aromatic N) is 3. The maximum atomic E-state index is 11.3. The molecule has 0 saturated heterocycles. The summed E-state index contributed by atoms with van der Waals surface area (Å²) in [5.74, 6) is -0.630. The third-order valence-corrected chi connectivity index (χ3v) is 3.31. The summed E-state index contributed by atoms with van der Waals surface area (Å²) in [7, 11) is 0. The number of hydrogen-bond donors (Lipinski definition) is 2. The first-order valence-corrected chi connectivity index (χ1v) is 7.24. The number of esters is 1. The molecule has 2 aromatic rings. The molecule has 0 aliphatic heterocycles. The normalized spacial score (nSPS) is 13.3. The van der Waals surface area contributed by atoms with Gasteiger partial charge in [-0.05, 0) is 13.0 Å². The second-order valence-corrected chi connectivity index (χ2v) is 4.99. The Morgan fingerprint density at radius 2 is 2.12 bits per heavy atom. The lowest BCUT2D eigenvalue weighted by Crippen LogP contribution is -2.22. The predicted molar refractivity (Wildman–Crippen MR) is 82.4 cm³/mol. The highest BCUT2D eigenvalue weighted by atomic mass is 16.6.